The normalized spacial score (nSPS) is 10.6. The molecule has 0 aliphatic rings. The van der Waals surface area contributed by atoms with Gasteiger partial charge in [-0.15, -0.1) is 0 Å². The SMILES string of the molecule is COc1ccc(CN(C)C(=O)CN(C)c2ccc3ccccc3c2)cc1OC. The third-order valence-electron chi connectivity index (χ3n) is 4.84. The second-order valence-electron chi connectivity index (χ2n) is 6.83. The molecular formula is C23H26N2O3. The fourth-order valence-electron chi connectivity index (χ4n) is 3.17. The van der Waals surface area contributed by atoms with E-state index in [-0.39, 0.29) is 5.91 Å². The van der Waals surface area contributed by atoms with Gasteiger partial charge in [-0.05, 0) is 40.6 Å². The lowest BCUT2D eigenvalue weighted by atomic mass is 10.1. The molecule has 3 aromatic carbocycles. The van der Waals surface area contributed by atoms with E-state index >= 15 is 0 Å². The van der Waals surface area contributed by atoms with Gasteiger partial charge in [0.05, 0.1) is 20.8 Å². The summed E-state index contributed by atoms with van der Waals surface area (Å²) >= 11 is 0. The van der Waals surface area contributed by atoms with Crippen molar-refractivity contribution in [2.24, 2.45) is 0 Å². The van der Waals surface area contributed by atoms with Gasteiger partial charge >= 0.3 is 0 Å². The lowest BCUT2D eigenvalue weighted by molar-refractivity contribution is -0.128. The Morgan fingerprint density at radius 1 is 0.857 bits per heavy atom. The Morgan fingerprint density at radius 3 is 2.29 bits per heavy atom. The maximum Gasteiger partial charge on any atom is 0.242 e. The predicted molar refractivity (Wildman–Crippen MR) is 113 cm³/mol. The van der Waals surface area contributed by atoms with Crippen molar-refractivity contribution in [3.05, 3.63) is 66.2 Å². The summed E-state index contributed by atoms with van der Waals surface area (Å²) in [6, 6.07) is 20.1. The van der Waals surface area contributed by atoms with Gasteiger partial charge in [0, 0.05) is 26.3 Å². The molecule has 28 heavy (non-hydrogen) atoms. The van der Waals surface area contributed by atoms with Gasteiger partial charge in [0.15, 0.2) is 11.5 Å². The smallest absolute Gasteiger partial charge is 0.242 e. The number of rotatable bonds is 7. The highest BCUT2D eigenvalue weighted by Crippen LogP contribution is 2.28. The first-order valence-corrected chi connectivity index (χ1v) is 9.16. The van der Waals surface area contributed by atoms with Crippen LogP contribution in [-0.2, 0) is 11.3 Å². The molecule has 3 rings (SSSR count). The van der Waals surface area contributed by atoms with Crippen LogP contribution < -0.4 is 14.4 Å². The summed E-state index contributed by atoms with van der Waals surface area (Å²) in [6.45, 7) is 0.812. The summed E-state index contributed by atoms with van der Waals surface area (Å²) in [4.78, 5) is 16.4. The van der Waals surface area contributed by atoms with Gasteiger partial charge in [-0.3, -0.25) is 4.79 Å². The molecule has 0 saturated carbocycles. The average molecular weight is 378 g/mol. The van der Waals surface area contributed by atoms with Crippen LogP contribution in [0.15, 0.2) is 60.7 Å². The van der Waals surface area contributed by atoms with Crippen molar-refractivity contribution in [2.45, 2.75) is 6.54 Å². The summed E-state index contributed by atoms with van der Waals surface area (Å²) in [6.07, 6.45) is 0. The first-order valence-electron chi connectivity index (χ1n) is 9.16. The topological polar surface area (TPSA) is 42.0 Å². The molecule has 0 heterocycles. The first-order chi connectivity index (χ1) is 13.5. The average Bonchev–Trinajstić information content (AvgIpc) is 2.73. The van der Waals surface area contributed by atoms with Crippen molar-refractivity contribution in [3.8, 4) is 11.5 Å². The van der Waals surface area contributed by atoms with Gasteiger partial charge in [-0.25, -0.2) is 0 Å². The molecule has 0 aliphatic carbocycles. The summed E-state index contributed by atoms with van der Waals surface area (Å²) < 4.78 is 10.6. The Labute approximate surface area is 166 Å². The van der Waals surface area contributed by atoms with Crippen LogP contribution >= 0.6 is 0 Å². The minimum Gasteiger partial charge on any atom is -0.493 e. The van der Waals surface area contributed by atoms with Gasteiger partial charge in [-0.1, -0.05) is 36.4 Å². The Balaban J connectivity index is 1.66. The number of ether oxygens (including phenoxy) is 2. The Morgan fingerprint density at radius 2 is 1.57 bits per heavy atom. The van der Waals surface area contributed by atoms with Crippen LogP contribution in [0, 0.1) is 0 Å². The molecule has 0 spiro atoms. The third-order valence-corrected chi connectivity index (χ3v) is 4.84. The van der Waals surface area contributed by atoms with E-state index < -0.39 is 0 Å². The number of likely N-dealkylation sites (N-methyl/N-ethyl adjacent to an activating group) is 2. The highest BCUT2D eigenvalue weighted by molar-refractivity contribution is 5.87. The predicted octanol–water partition coefficient (Wildman–Crippen LogP) is 3.95. The van der Waals surface area contributed by atoms with Crippen LogP contribution in [0.1, 0.15) is 5.56 Å². The number of fused-ring (bicyclic) bond motifs is 1. The third kappa shape index (κ3) is 4.36. The number of anilines is 1. The van der Waals surface area contributed by atoms with Crippen molar-refractivity contribution < 1.29 is 14.3 Å². The minimum atomic E-state index is 0.0467. The summed E-state index contributed by atoms with van der Waals surface area (Å²) in [5.41, 5.74) is 2.01. The number of carbonyl (C=O) groups excluding carboxylic acids is 1. The molecule has 5 nitrogen and oxygen atoms in total. The molecule has 1 amide bonds. The van der Waals surface area contributed by atoms with Crippen molar-refractivity contribution in [3.63, 3.8) is 0 Å². The number of methoxy groups -OCH3 is 2. The van der Waals surface area contributed by atoms with Gasteiger partial charge < -0.3 is 19.3 Å². The van der Waals surface area contributed by atoms with Gasteiger partial charge in [0.2, 0.25) is 5.91 Å². The molecular weight excluding hydrogens is 352 g/mol. The van der Waals surface area contributed by atoms with Crippen molar-refractivity contribution >= 4 is 22.4 Å². The number of benzene rings is 3. The van der Waals surface area contributed by atoms with Gasteiger partial charge in [-0.2, -0.15) is 0 Å². The zero-order chi connectivity index (χ0) is 20.1. The molecule has 5 heteroatoms. The highest BCUT2D eigenvalue weighted by atomic mass is 16.5. The quantitative estimate of drug-likeness (QED) is 0.624. The molecule has 0 aromatic heterocycles. The van der Waals surface area contributed by atoms with Crippen LogP contribution in [0.4, 0.5) is 5.69 Å². The minimum absolute atomic E-state index is 0.0467. The summed E-state index contributed by atoms with van der Waals surface area (Å²) in [5.74, 6) is 1.39. The molecule has 0 saturated heterocycles. The van der Waals surface area contributed by atoms with Crippen LogP contribution in [-0.4, -0.2) is 45.7 Å². The molecule has 0 atom stereocenters. The zero-order valence-corrected chi connectivity index (χ0v) is 16.8. The summed E-state index contributed by atoms with van der Waals surface area (Å²) in [5, 5.41) is 2.36. The van der Waals surface area contributed by atoms with E-state index in [1.165, 1.54) is 5.39 Å². The van der Waals surface area contributed by atoms with Gasteiger partial charge in [0.1, 0.15) is 0 Å². The van der Waals surface area contributed by atoms with E-state index in [1.54, 1.807) is 19.1 Å². The maximum atomic E-state index is 12.7. The van der Waals surface area contributed by atoms with Crippen molar-refractivity contribution in [1.82, 2.24) is 4.90 Å². The number of nitrogens with zero attached hydrogens (tertiary/aromatic N) is 2. The highest BCUT2D eigenvalue weighted by Gasteiger charge is 2.14. The Bertz CT molecular complexity index is 971. The zero-order valence-electron chi connectivity index (χ0n) is 16.8. The fourth-order valence-corrected chi connectivity index (χ4v) is 3.17. The summed E-state index contributed by atoms with van der Waals surface area (Å²) in [7, 11) is 6.96. The van der Waals surface area contributed by atoms with Crippen LogP contribution in [0.2, 0.25) is 0 Å². The molecule has 0 bridgehead atoms. The second-order valence-corrected chi connectivity index (χ2v) is 6.83. The number of hydrogen-bond acceptors (Lipinski definition) is 4. The lowest BCUT2D eigenvalue weighted by Crippen LogP contribution is -2.36. The maximum absolute atomic E-state index is 12.7. The van der Waals surface area contributed by atoms with E-state index in [0.717, 1.165) is 16.6 Å². The monoisotopic (exact) mass is 378 g/mol. The second kappa shape index (κ2) is 8.65. The molecule has 146 valence electrons. The Hall–Kier alpha value is -3.21. The molecule has 0 unspecified atom stereocenters. The van der Waals surface area contributed by atoms with E-state index in [0.29, 0.717) is 24.6 Å². The number of hydrogen-bond donors (Lipinski definition) is 0. The van der Waals surface area contributed by atoms with Crippen LogP contribution in [0.25, 0.3) is 10.8 Å². The van der Waals surface area contributed by atoms with Crippen molar-refractivity contribution in [2.75, 3.05) is 39.8 Å². The van der Waals surface area contributed by atoms with E-state index in [1.807, 2.05) is 55.4 Å². The van der Waals surface area contributed by atoms with E-state index in [9.17, 15) is 4.79 Å². The number of carbonyl (C=O) groups is 1. The molecule has 0 N–H and O–H groups in total. The van der Waals surface area contributed by atoms with Crippen molar-refractivity contribution in [1.29, 1.82) is 0 Å². The van der Waals surface area contributed by atoms with Gasteiger partial charge in [0.25, 0.3) is 0 Å². The number of amides is 1. The standard InChI is InChI=1S/C23H26N2O3/c1-24(20-11-10-18-7-5-6-8-19(18)14-20)16-23(26)25(2)15-17-9-12-21(27-3)22(13-17)28-4/h5-14H,15-16H2,1-4H3. The fraction of sp³-hybridized carbons (Fsp3) is 0.261. The molecule has 0 radical (unpaired) electrons. The molecule has 3 aromatic rings. The van der Waals surface area contributed by atoms with Crippen LogP contribution in [0.3, 0.4) is 0 Å². The molecule has 0 fully saturated rings. The first kappa shape index (κ1) is 19.5. The molecule has 0 aliphatic heterocycles. The Kier molecular flexibility index (Phi) is 6.04. The largest absolute Gasteiger partial charge is 0.493 e. The van der Waals surface area contributed by atoms with E-state index in [4.69, 9.17) is 9.47 Å². The lowest BCUT2D eigenvalue weighted by Gasteiger charge is -2.24. The van der Waals surface area contributed by atoms with E-state index in [2.05, 4.69) is 24.3 Å². The van der Waals surface area contributed by atoms with Crippen LogP contribution in [0.5, 0.6) is 11.5 Å².